The van der Waals surface area contributed by atoms with Crippen molar-refractivity contribution in [3.8, 4) is 0 Å². The van der Waals surface area contributed by atoms with Gasteiger partial charge in [0.25, 0.3) is 7.82 Å². The Balaban J connectivity index is 3.96. The van der Waals surface area contributed by atoms with Gasteiger partial charge >= 0.3 is 11.9 Å². The van der Waals surface area contributed by atoms with E-state index in [0.29, 0.717) is 17.4 Å². The Labute approximate surface area is 499 Å². The van der Waals surface area contributed by atoms with Crippen LogP contribution in [0.2, 0.25) is 0 Å². The van der Waals surface area contributed by atoms with Crippen LogP contribution < -0.4 is 4.89 Å². The Morgan fingerprint density at radius 1 is 0.338 bits per heavy atom. The molecular weight excluding hydrogens is 1010 g/mol. The summed E-state index contributed by atoms with van der Waals surface area (Å²) in [7, 11) is 1.20. The van der Waals surface area contributed by atoms with Gasteiger partial charge < -0.3 is 27.9 Å². The molecule has 80 heavy (non-hydrogen) atoms. The number of phosphoric acid groups is 1. The number of phosphoric ester groups is 1. The highest BCUT2D eigenvalue weighted by atomic mass is 31.2. The second-order valence-corrected chi connectivity index (χ2v) is 27.4. The van der Waals surface area contributed by atoms with Gasteiger partial charge in [0.05, 0.1) is 27.7 Å². The van der Waals surface area contributed by atoms with Crippen molar-refractivity contribution in [2.75, 3.05) is 47.5 Å². The van der Waals surface area contributed by atoms with Crippen LogP contribution >= 0.6 is 7.82 Å². The van der Waals surface area contributed by atoms with Gasteiger partial charge in [0.15, 0.2) is 6.10 Å². The molecule has 0 saturated heterocycles. The van der Waals surface area contributed by atoms with Crippen LogP contribution in [0.3, 0.4) is 0 Å². The average molecular weight is 1150 g/mol. The molecular formula is C70H140NO8P. The Kier molecular flexibility index (Phi) is 61.8. The van der Waals surface area contributed by atoms with Gasteiger partial charge in [-0.3, -0.25) is 14.2 Å². The Hall–Kier alpha value is -0.990. The lowest BCUT2D eigenvalue weighted by Crippen LogP contribution is -2.37. The number of ether oxygens (including phenoxy) is 2. The Morgan fingerprint density at radius 2 is 0.562 bits per heavy atom. The maximum Gasteiger partial charge on any atom is 0.306 e. The summed E-state index contributed by atoms with van der Waals surface area (Å²) in [4.78, 5) is 38.1. The molecule has 0 rings (SSSR count). The SMILES string of the molecule is CCCCCCCCCCCCCCCCCCCCCCCCCCCCCCCCCC(=O)OC(COC(=O)CCCCCCCCCCCCCCCCCCCCCCCCCCC)COP(=O)([O-])OCC[N+](C)(C)C. The summed E-state index contributed by atoms with van der Waals surface area (Å²) in [6.45, 7) is 4.34. The first-order valence-electron chi connectivity index (χ1n) is 35.7. The normalized spacial score (nSPS) is 13.0. The minimum Gasteiger partial charge on any atom is -0.756 e. The molecule has 0 aromatic rings. The van der Waals surface area contributed by atoms with Gasteiger partial charge in [-0.25, -0.2) is 0 Å². The van der Waals surface area contributed by atoms with Crippen LogP contribution in [0.4, 0.5) is 0 Å². The number of rotatable bonds is 68. The van der Waals surface area contributed by atoms with E-state index in [-0.39, 0.29) is 32.0 Å². The highest BCUT2D eigenvalue weighted by Gasteiger charge is 2.22. The van der Waals surface area contributed by atoms with Gasteiger partial charge in [-0.1, -0.05) is 361 Å². The third-order valence-electron chi connectivity index (χ3n) is 16.6. The lowest BCUT2D eigenvalue weighted by Gasteiger charge is -2.28. The van der Waals surface area contributed by atoms with Crippen LogP contribution in [-0.2, 0) is 32.7 Å². The second-order valence-electron chi connectivity index (χ2n) is 26.0. The van der Waals surface area contributed by atoms with Gasteiger partial charge in [-0.2, -0.15) is 0 Å². The lowest BCUT2D eigenvalue weighted by molar-refractivity contribution is -0.870. The summed E-state index contributed by atoms with van der Waals surface area (Å²) < 4.78 is 34.3. The maximum absolute atomic E-state index is 12.9. The van der Waals surface area contributed by atoms with Crippen molar-refractivity contribution in [1.82, 2.24) is 0 Å². The smallest absolute Gasteiger partial charge is 0.306 e. The lowest BCUT2D eigenvalue weighted by atomic mass is 10.0. The van der Waals surface area contributed by atoms with Crippen molar-refractivity contribution in [2.45, 2.75) is 392 Å². The monoisotopic (exact) mass is 1150 g/mol. The number of unbranched alkanes of at least 4 members (excludes halogenated alkanes) is 54. The summed E-state index contributed by atoms with van der Waals surface area (Å²) in [5.41, 5.74) is 0. The van der Waals surface area contributed by atoms with Crippen molar-refractivity contribution in [2.24, 2.45) is 0 Å². The molecule has 0 N–H and O–H groups in total. The molecule has 2 unspecified atom stereocenters. The van der Waals surface area contributed by atoms with E-state index in [1.807, 2.05) is 21.1 Å². The first-order chi connectivity index (χ1) is 39.0. The predicted molar refractivity (Wildman–Crippen MR) is 342 cm³/mol. The molecule has 10 heteroatoms. The molecule has 0 aliphatic rings. The van der Waals surface area contributed by atoms with Gasteiger partial charge in [-0.15, -0.1) is 0 Å². The number of hydrogen-bond donors (Lipinski definition) is 0. The van der Waals surface area contributed by atoms with Gasteiger partial charge in [0, 0.05) is 12.8 Å². The van der Waals surface area contributed by atoms with Crippen LogP contribution in [0, 0.1) is 0 Å². The Morgan fingerprint density at radius 3 is 0.800 bits per heavy atom. The fraction of sp³-hybridized carbons (Fsp3) is 0.971. The number of carbonyl (C=O) groups excluding carboxylic acids is 2. The quantitative estimate of drug-likeness (QED) is 0.0256. The molecule has 0 aromatic heterocycles. The summed E-state index contributed by atoms with van der Waals surface area (Å²) in [5.74, 6) is -0.803. The molecule has 2 atom stereocenters. The van der Waals surface area contributed by atoms with Crippen LogP contribution in [0.1, 0.15) is 386 Å². The molecule has 0 aliphatic carbocycles. The van der Waals surface area contributed by atoms with Crippen molar-refractivity contribution in [3.63, 3.8) is 0 Å². The molecule has 9 nitrogen and oxygen atoms in total. The van der Waals surface area contributed by atoms with Crippen molar-refractivity contribution >= 4 is 19.8 Å². The van der Waals surface area contributed by atoms with E-state index in [0.717, 1.165) is 32.1 Å². The van der Waals surface area contributed by atoms with Crippen molar-refractivity contribution in [3.05, 3.63) is 0 Å². The zero-order chi connectivity index (χ0) is 58.4. The molecule has 0 fully saturated rings. The molecule has 0 saturated carbocycles. The Bertz CT molecular complexity index is 1310. The largest absolute Gasteiger partial charge is 0.756 e. The van der Waals surface area contributed by atoms with Crippen molar-refractivity contribution in [1.29, 1.82) is 0 Å². The van der Waals surface area contributed by atoms with Crippen LogP contribution in [0.5, 0.6) is 0 Å². The van der Waals surface area contributed by atoms with Gasteiger partial charge in [0.2, 0.25) is 0 Å². The van der Waals surface area contributed by atoms with E-state index in [4.69, 9.17) is 18.5 Å². The zero-order valence-corrected chi connectivity index (χ0v) is 55.5. The number of quaternary nitrogens is 1. The van der Waals surface area contributed by atoms with E-state index in [9.17, 15) is 19.0 Å². The van der Waals surface area contributed by atoms with E-state index in [2.05, 4.69) is 13.8 Å². The third-order valence-corrected chi connectivity index (χ3v) is 17.6. The molecule has 0 aromatic carbocycles. The van der Waals surface area contributed by atoms with E-state index >= 15 is 0 Å². The van der Waals surface area contributed by atoms with Gasteiger partial charge in [0.1, 0.15) is 19.8 Å². The number of hydrogen-bond acceptors (Lipinski definition) is 8. The molecule has 0 aliphatic heterocycles. The van der Waals surface area contributed by atoms with Gasteiger partial charge in [-0.05, 0) is 12.8 Å². The second kappa shape index (κ2) is 62.5. The molecule has 0 amide bonds. The molecule has 0 radical (unpaired) electrons. The molecule has 0 bridgehead atoms. The number of nitrogens with zero attached hydrogens (tertiary/aromatic N) is 1. The van der Waals surface area contributed by atoms with Crippen LogP contribution in [0.25, 0.3) is 0 Å². The van der Waals surface area contributed by atoms with E-state index < -0.39 is 26.5 Å². The molecule has 478 valence electrons. The minimum absolute atomic E-state index is 0.0248. The maximum atomic E-state index is 12.9. The standard InChI is InChI=1S/C70H140NO8P/c1-6-8-10-12-14-16-18-20-22-24-26-28-30-32-33-34-35-36-37-39-41-43-45-47-49-51-53-55-57-59-61-63-70(73)79-68(67-78-80(74,75)77-65-64-71(3,4)5)66-76-69(72)62-60-58-56-54-52-50-48-46-44-42-40-38-31-29-27-25-23-21-19-17-15-13-11-9-7-2/h68H,6-67H2,1-5H3. The molecule has 0 spiro atoms. The first kappa shape index (κ1) is 79.0. The fourth-order valence-corrected chi connectivity index (χ4v) is 11.9. The number of carbonyl (C=O) groups is 2. The highest BCUT2D eigenvalue weighted by Crippen LogP contribution is 2.38. The summed E-state index contributed by atoms with van der Waals surface area (Å²) >= 11 is 0. The first-order valence-corrected chi connectivity index (χ1v) is 37.2. The predicted octanol–water partition coefficient (Wildman–Crippen LogP) is 22.3. The fourth-order valence-electron chi connectivity index (χ4n) is 11.1. The third kappa shape index (κ3) is 66.2. The average Bonchev–Trinajstić information content (AvgIpc) is 3.42. The zero-order valence-electron chi connectivity index (χ0n) is 54.6. The summed E-state index contributed by atoms with van der Waals surface area (Å²) in [5, 5.41) is 0. The number of esters is 2. The van der Waals surface area contributed by atoms with Crippen LogP contribution in [-0.4, -0.2) is 70.0 Å². The number of likely N-dealkylation sites (N-methyl/N-ethyl adjacent to an activating group) is 1. The molecule has 0 heterocycles. The summed E-state index contributed by atoms with van der Waals surface area (Å²) in [6.07, 6.45) is 74.8. The van der Waals surface area contributed by atoms with E-state index in [1.165, 1.54) is 321 Å². The van der Waals surface area contributed by atoms with E-state index in [1.54, 1.807) is 0 Å². The summed E-state index contributed by atoms with van der Waals surface area (Å²) in [6, 6.07) is 0. The highest BCUT2D eigenvalue weighted by molar-refractivity contribution is 7.45. The van der Waals surface area contributed by atoms with Crippen LogP contribution in [0.15, 0.2) is 0 Å². The van der Waals surface area contributed by atoms with Crippen molar-refractivity contribution < 1.29 is 42.1 Å². The topological polar surface area (TPSA) is 111 Å². The minimum atomic E-state index is -4.63.